The molecular formula is C88H114F2HfN2O4Si-2. The van der Waals surface area contributed by atoms with Crippen LogP contribution in [-0.2, 0) is 58.3 Å². The number of rotatable bonds is 16. The maximum atomic E-state index is 16.2. The molecule has 0 aliphatic carbocycles. The van der Waals surface area contributed by atoms with Crippen LogP contribution in [0.5, 0.6) is 23.0 Å². The summed E-state index contributed by atoms with van der Waals surface area (Å²) in [7, 11) is -2.62. The van der Waals surface area contributed by atoms with Crippen molar-refractivity contribution >= 4 is 51.7 Å². The van der Waals surface area contributed by atoms with E-state index in [0.29, 0.717) is 57.6 Å². The third kappa shape index (κ3) is 16.0. The molecule has 6 nitrogen and oxygen atoms in total. The van der Waals surface area contributed by atoms with Gasteiger partial charge in [0.05, 0.1) is 45.9 Å². The van der Waals surface area contributed by atoms with Gasteiger partial charge in [0.1, 0.15) is 42.7 Å². The molecular weight excluding hydrogens is 1390 g/mol. The third-order valence-corrected chi connectivity index (χ3v) is 24.7. The van der Waals surface area contributed by atoms with Crippen LogP contribution >= 0.6 is 0 Å². The van der Waals surface area contributed by atoms with Crippen molar-refractivity contribution in [3.05, 3.63) is 193 Å². The average Bonchev–Trinajstić information content (AvgIpc) is 1.55. The molecule has 0 bridgehead atoms. The molecule has 524 valence electrons. The van der Waals surface area contributed by atoms with Crippen LogP contribution in [0.1, 0.15) is 212 Å². The Morgan fingerprint density at radius 1 is 0.357 bits per heavy atom. The molecule has 2 N–H and O–H groups in total. The van der Waals surface area contributed by atoms with E-state index < -0.39 is 19.7 Å². The minimum atomic E-state index is -2.62. The molecule has 0 spiro atoms. The molecule has 2 heterocycles. The summed E-state index contributed by atoms with van der Waals surface area (Å²) < 4.78 is 51.1. The SMILES string of the molecule is CC[Si](CC)(COc1ccc(F)cc1-c1cc(C(C)(C)CC(C)(C)C)cc(-n2c3ccc(C(C)(C)C)cc3c3cc(C(C)(C)C)ccc32)c1O)COc1ccc(F)cc1-c1cc(C(C)(C)CC(C)(C)C)cc(-n2c3ccc(C(C)(C)C)cc3c3cc(C(C)(C)C)ccc32)c1O.[CH3-].[CH3-].[Hf]. The molecule has 0 aliphatic rings. The first-order chi connectivity index (χ1) is 43.8. The van der Waals surface area contributed by atoms with Gasteiger partial charge in [-0.3, -0.25) is 0 Å². The smallest absolute Gasteiger partial charge is 0.147 e. The molecule has 0 radical (unpaired) electrons. The zero-order valence-corrected chi connectivity index (χ0v) is 68.9. The normalized spacial score (nSPS) is 13.1. The molecule has 10 aromatic rings. The number of halogens is 2. The van der Waals surface area contributed by atoms with Crippen molar-refractivity contribution in [2.45, 2.75) is 224 Å². The summed E-state index contributed by atoms with van der Waals surface area (Å²) in [5.74, 6) is 0.0540. The van der Waals surface area contributed by atoms with Gasteiger partial charge in [-0.05, 0) is 199 Å². The van der Waals surface area contributed by atoms with Gasteiger partial charge in [-0.1, -0.05) is 203 Å². The molecule has 10 heteroatoms. The molecule has 0 saturated heterocycles. The summed E-state index contributed by atoms with van der Waals surface area (Å²) in [5, 5.41) is 30.8. The van der Waals surface area contributed by atoms with Gasteiger partial charge in [0.25, 0.3) is 0 Å². The third-order valence-electron chi connectivity index (χ3n) is 20.2. The molecule has 0 fully saturated rings. The van der Waals surface area contributed by atoms with Gasteiger partial charge in [-0.25, -0.2) is 8.78 Å². The van der Waals surface area contributed by atoms with Crippen LogP contribution in [0, 0.1) is 37.3 Å². The van der Waals surface area contributed by atoms with E-state index in [1.165, 1.54) is 46.5 Å². The van der Waals surface area contributed by atoms with Crippen LogP contribution in [0.25, 0.3) is 77.2 Å². The van der Waals surface area contributed by atoms with Gasteiger partial charge < -0.3 is 43.7 Å². The number of ether oxygens (including phenoxy) is 2. The van der Waals surface area contributed by atoms with Crippen molar-refractivity contribution in [3.63, 3.8) is 0 Å². The molecule has 0 saturated carbocycles. The number of aromatic hydroxyl groups is 2. The Morgan fingerprint density at radius 2 is 0.633 bits per heavy atom. The number of phenolic OH excluding ortho intramolecular Hbond substituents is 2. The summed E-state index contributed by atoms with van der Waals surface area (Å²) in [6.45, 7) is 53.8. The maximum Gasteiger partial charge on any atom is 0.147 e. The largest absolute Gasteiger partial charge is 0.505 e. The van der Waals surface area contributed by atoms with E-state index >= 15 is 8.78 Å². The van der Waals surface area contributed by atoms with Crippen LogP contribution in [0.15, 0.2) is 133 Å². The van der Waals surface area contributed by atoms with Crippen molar-refractivity contribution in [3.8, 4) is 56.6 Å². The Kier molecular flexibility index (Phi) is 22.4. The summed E-state index contributed by atoms with van der Waals surface area (Å²) in [4.78, 5) is 0. The quantitative estimate of drug-likeness (QED) is 0.0747. The standard InChI is InChI=1S/C86H108F2N2O4Si.2CH3.Hf/c1-25-95(26-2,51-93-75-37-31-59(87)47-65(75)67-43-57(85(21,22)49-79(3,4)5)45-73(77(67)91)89-69-33-27-53(81(9,10)11)39-61(69)62-40-54(82(12,13)14)28-34-70(62)89)52-94-76-38-32-60(88)48-66(76)68-44-58(86(23,24)50-80(6,7)8)46-74(78(68)92)90-71-35-29-55(83(15,16)17)41-63(71)64-42-56(84(18,19)20)30-36-72(64)90;;;/h27-48,91-92H,25-26,49-52H2,1-24H3;2*1H3;/q;2*-1;. The molecule has 0 amide bonds. The second kappa shape index (κ2) is 27.8. The minimum absolute atomic E-state index is 0. The van der Waals surface area contributed by atoms with Gasteiger partial charge in [-0.2, -0.15) is 0 Å². The second-order valence-corrected chi connectivity index (χ2v) is 40.7. The van der Waals surface area contributed by atoms with E-state index in [9.17, 15) is 10.2 Å². The van der Waals surface area contributed by atoms with Crippen molar-refractivity contribution < 1.29 is 54.3 Å². The maximum absolute atomic E-state index is 16.2. The van der Waals surface area contributed by atoms with Crippen LogP contribution in [0.2, 0.25) is 12.1 Å². The van der Waals surface area contributed by atoms with E-state index in [1.54, 1.807) is 12.1 Å². The summed E-state index contributed by atoms with van der Waals surface area (Å²) in [6, 6.07) is 46.0. The fourth-order valence-corrected chi connectivity index (χ4v) is 17.2. The molecule has 2 aromatic heterocycles. The Morgan fingerprint density at radius 3 is 0.878 bits per heavy atom. The van der Waals surface area contributed by atoms with Gasteiger partial charge in [0, 0.05) is 69.6 Å². The van der Waals surface area contributed by atoms with Crippen molar-refractivity contribution in [1.29, 1.82) is 0 Å². The summed E-state index contributed by atoms with van der Waals surface area (Å²) in [6.07, 6.45) is 2.30. The van der Waals surface area contributed by atoms with E-state index in [0.717, 1.165) is 79.7 Å². The fraction of sp³-hybridized carbons (Fsp3) is 0.432. The summed E-state index contributed by atoms with van der Waals surface area (Å²) in [5.41, 5.74) is 12.5. The molecule has 98 heavy (non-hydrogen) atoms. The van der Waals surface area contributed by atoms with E-state index in [4.69, 9.17) is 9.47 Å². The molecule has 10 rings (SSSR count). The zero-order valence-electron chi connectivity index (χ0n) is 64.3. The van der Waals surface area contributed by atoms with E-state index in [2.05, 4.69) is 260 Å². The Hall–Kier alpha value is -6.49. The predicted molar refractivity (Wildman–Crippen MR) is 415 cm³/mol. The first-order valence-corrected chi connectivity index (χ1v) is 37.5. The first kappa shape index (κ1) is 78.8. The minimum Gasteiger partial charge on any atom is -0.505 e. The van der Waals surface area contributed by atoms with Crippen molar-refractivity contribution in [2.24, 2.45) is 10.8 Å². The predicted octanol–water partition coefficient (Wildman–Crippen LogP) is 25.4. The Labute approximate surface area is 607 Å². The van der Waals surface area contributed by atoms with Crippen LogP contribution in [-0.4, -0.2) is 39.9 Å². The molecule has 8 aromatic carbocycles. The number of fused-ring (bicyclic) bond motifs is 6. The van der Waals surface area contributed by atoms with Crippen molar-refractivity contribution in [2.75, 3.05) is 12.5 Å². The number of hydrogen-bond donors (Lipinski definition) is 2. The average molecular weight is 1510 g/mol. The van der Waals surface area contributed by atoms with Crippen molar-refractivity contribution in [1.82, 2.24) is 9.13 Å². The van der Waals surface area contributed by atoms with E-state index in [-0.39, 0.29) is 95.5 Å². The number of phenols is 2. The Bertz CT molecular complexity index is 4150. The number of hydrogen-bond acceptors (Lipinski definition) is 4. The summed E-state index contributed by atoms with van der Waals surface area (Å²) >= 11 is 0. The number of aromatic nitrogens is 2. The van der Waals surface area contributed by atoms with Crippen LogP contribution in [0.3, 0.4) is 0 Å². The molecule has 0 aliphatic heterocycles. The number of nitrogens with zero attached hydrogens (tertiary/aromatic N) is 2. The first-order valence-electron chi connectivity index (χ1n) is 34.6. The monoisotopic (exact) mass is 1510 g/mol. The van der Waals surface area contributed by atoms with Crippen LogP contribution < -0.4 is 9.47 Å². The number of benzene rings is 8. The fourth-order valence-electron chi connectivity index (χ4n) is 14.9. The van der Waals surface area contributed by atoms with Gasteiger partial charge in [0.2, 0.25) is 0 Å². The topological polar surface area (TPSA) is 68.8 Å². The van der Waals surface area contributed by atoms with Gasteiger partial charge in [-0.15, -0.1) is 0 Å². The molecule has 0 atom stereocenters. The Balaban J connectivity index is 0.00000451. The molecule has 0 unspecified atom stereocenters. The zero-order chi connectivity index (χ0) is 69.9. The van der Waals surface area contributed by atoms with Crippen LogP contribution in [0.4, 0.5) is 8.78 Å². The van der Waals surface area contributed by atoms with E-state index in [1.807, 2.05) is 12.1 Å². The van der Waals surface area contributed by atoms with Gasteiger partial charge in [0.15, 0.2) is 0 Å². The second-order valence-electron chi connectivity index (χ2n) is 35.7. The van der Waals surface area contributed by atoms with Gasteiger partial charge >= 0.3 is 0 Å².